The van der Waals surface area contributed by atoms with E-state index in [1.54, 1.807) is 7.11 Å². The molecule has 0 heterocycles. The second-order valence-corrected chi connectivity index (χ2v) is 7.11. The molecule has 2 rings (SSSR count). The molecule has 0 aliphatic rings. The van der Waals surface area contributed by atoms with Gasteiger partial charge in [-0.05, 0) is 29.2 Å². The van der Waals surface area contributed by atoms with Crippen LogP contribution in [0.4, 0.5) is 5.69 Å². The van der Waals surface area contributed by atoms with Crippen molar-refractivity contribution in [2.24, 2.45) is 10.7 Å². The smallest absolute Gasteiger partial charge is 0.193 e. The Morgan fingerprint density at radius 3 is 2.62 bits per heavy atom. The molecular formula is C21H29N3O2. The molecule has 3 N–H and O–H groups in total. The van der Waals surface area contributed by atoms with E-state index in [1.165, 1.54) is 5.56 Å². The van der Waals surface area contributed by atoms with Gasteiger partial charge >= 0.3 is 0 Å². The number of methoxy groups -OCH3 is 1. The molecule has 0 unspecified atom stereocenters. The van der Waals surface area contributed by atoms with Crippen molar-refractivity contribution in [3.05, 3.63) is 59.7 Å². The van der Waals surface area contributed by atoms with Gasteiger partial charge in [0.15, 0.2) is 5.96 Å². The molecule has 140 valence electrons. The van der Waals surface area contributed by atoms with E-state index in [4.69, 9.17) is 15.2 Å². The molecule has 2 aromatic carbocycles. The fourth-order valence-corrected chi connectivity index (χ4v) is 2.48. The summed E-state index contributed by atoms with van der Waals surface area (Å²) < 4.78 is 11.0. The van der Waals surface area contributed by atoms with Crippen molar-refractivity contribution >= 4 is 11.6 Å². The molecule has 0 amide bonds. The normalized spacial score (nSPS) is 12.1. The first-order chi connectivity index (χ1) is 12.4. The van der Waals surface area contributed by atoms with Crippen LogP contribution in [0.1, 0.15) is 31.9 Å². The van der Waals surface area contributed by atoms with Gasteiger partial charge < -0.3 is 20.5 Å². The third-order valence-electron chi connectivity index (χ3n) is 3.92. The lowest BCUT2D eigenvalue weighted by molar-refractivity contribution is 0.185. The van der Waals surface area contributed by atoms with Gasteiger partial charge in [-0.1, -0.05) is 51.1 Å². The maximum absolute atomic E-state index is 5.97. The molecule has 5 heteroatoms. The van der Waals surface area contributed by atoms with Crippen LogP contribution in [-0.2, 0) is 16.8 Å². The molecular weight excluding hydrogens is 326 g/mol. The lowest BCUT2D eigenvalue weighted by atomic mass is 9.87. The number of hydrogen-bond donors (Lipinski definition) is 2. The zero-order chi connectivity index (χ0) is 19.0. The lowest BCUT2D eigenvalue weighted by Gasteiger charge is -2.19. The first-order valence-electron chi connectivity index (χ1n) is 8.77. The van der Waals surface area contributed by atoms with Crippen LogP contribution in [0.15, 0.2) is 53.5 Å². The minimum absolute atomic E-state index is 0.0987. The highest BCUT2D eigenvalue weighted by Gasteiger charge is 2.13. The zero-order valence-electron chi connectivity index (χ0n) is 16.1. The van der Waals surface area contributed by atoms with Crippen molar-refractivity contribution in [2.45, 2.75) is 32.8 Å². The summed E-state index contributed by atoms with van der Waals surface area (Å²) in [7, 11) is 1.67. The second-order valence-electron chi connectivity index (χ2n) is 7.11. The number of nitrogens with two attached hydrogens (primary N) is 1. The monoisotopic (exact) mass is 355 g/mol. The van der Waals surface area contributed by atoms with Gasteiger partial charge in [-0.15, -0.1) is 0 Å². The fraction of sp³-hybridized carbons (Fsp3) is 0.381. The van der Waals surface area contributed by atoms with Crippen LogP contribution in [-0.4, -0.2) is 26.2 Å². The molecule has 26 heavy (non-hydrogen) atoms. The van der Waals surface area contributed by atoms with Crippen molar-refractivity contribution < 1.29 is 9.47 Å². The minimum Gasteiger partial charge on any atom is -0.492 e. The Kier molecular flexibility index (Phi) is 7.04. The van der Waals surface area contributed by atoms with Crippen molar-refractivity contribution in [2.75, 3.05) is 25.6 Å². The van der Waals surface area contributed by atoms with Crippen molar-refractivity contribution in [3.63, 3.8) is 0 Å². The average Bonchev–Trinajstić information content (AvgIpc) is 2.60. The molecule has 0 aliphatic heterocycles. The van der Waals surface area contributed by atoms with Crippen LogP contribution in [0.25, 0.3) is 0 Å². The molecule has 0 saturated heterocycles. The van der Waals surface area contributed by atoms with E-state index in [-0.39, 0.29) is 5.41 Å². The number of anilines is 1. The van der Waals surface area contributed by atoms with E-state index in [1.807, 2.05) is 36.4 Å². The Labute approximate surface area is 156 Å². The molecule has 0 saturated carbocycles. The topological polar surface area (TPSA) is 68.9 Å². The van der Waals surface area contributed by atoms with Gasteiger partial charge in [0.05, 0.1) is 13.2 Å². The number of nitrogens with zero attached hydrogens (tertiary/aromatic N) is 1. The number of nitrogens with one attached hydrogen (secondary N) is 1. The summed E-state index contributed by atoms with van der Waals surface area (Å²) in [6.45, 7) is 8.02. The van der Waals surface area contributed by atoms with Crippen LogP contribution in [0.3, 0.4) is 0 Å². The van der Waals surface area contributed by atoms with E-state index in [0.717, 1.165) is 17.0 Å². The number of guanidine groups is 1. The number of rotatable bonds is 7. The van der Waals surface area contributed by atoms with Gasteiger partial charge in [-0.2, -0.15) is 0 Å². The molecule has 0 bridgehead atoms. The molecule has 0 radical (unpaired) electrons. The first-order valence-corrected chi connectivity index (χ1v) is 8.77. The van der Waals surface area contributed by atoms with Crippen molar-refractivity contribution in [1.29, 1.82) is 0 Å². The number of para-hydroxylation sites is 1. The predicted molar refractivity (Wildman–Crippen MR) is 108 cm³/mol. The van der Waals surface area contributed by atoms with Gasteiger partial charge in [-0.25, -0.2) is 4.99 Å². The maximum Gasteiger partial charge on any atom is 0.193 e. The van der Waals surface area contributed by atoms with Crippen molar-refractivity contribution in [3.8, 4) is 5.75 Å². The van der Waals surface area contributed by atoms with Crippen molar-refractivity contribution in [1.82, 2.24) is 0 Å². The van der Waals surface area contributed by atoms with Crippen LogP contribution in [0.2, 0.25) is 0 Å². The highest BCUT2D eigenvalue weighted by Crippen LogP contribution is 2.25. The largest absolute Gasteiger partial charge is 0.492 e. The van der Waals surface area contributed by atoms with Crippen LogP contribution < -0.4 is 15.8 Å². The minimum atomic E-state index is 0.0987. The zero-order valence-corrected chi connectivity index (χ0v) is 16.1. The van der Waals surface area contributed by atoms with Crippen LogP contribution in [0.5, 0.6) is 5.75 Å². The SMILES string of the molecule is COCc1ccccc1NC(N)=NCCOc1cccc(C(C)(C)C)c1. The number of ether oxygens (including phenoxy) is 2. The number of aliphatic imine (C=N–C) groups is 1. The molecule has 0 aliphatic carbocycles. The maximum atomic E-state index is 5.97. The average molecular weight is 355 g/mol. The fourth-order valence-electron chi connectivity index (χ4n) is 2.48. The van der Waals surface area contributed by atoms with Crippen LogP contribution in [0, 0.1) is 0 Å². The summed E-state index contributed by atoms with van der Waals surface area (Å²) in [4.78, 5) is 4.32. The van der Waals surface area contributed by atoms with Gasteiger partial charge in [0, 0.05) is 18.4 Å². The summed E-state index contributed by atoms with van der Waals surface area (Å²) in [5.74, 6) is 1.21. The van der Waals surface area contributed by atoms with E-state index in [0.29, 0.717) is 25.7 Å². The highest BCUT2D eigenvalue weighted by atomic mass is 16.5. The van der Waals surface area contributed by atoms with Gasteiger partial charge in [0.2, 0.25) is 0 Å². The standard InChI is InChI=1S/C21H29N3O2/c1-21(2,3)17-9-7-10-18(14-17)26-13-12-23-20(22)24-19-11-6-5-8-16(19)15-25-4/h5-11,14H,12-13,15H2,1-4H3,(H3,22,23,24). The summed E-state index contributed by atoms with van der Waals surface area (Å²) >= 11 is 0. The van der Waals surface area contributed by atoms with E-state index in [9.17, 15) is 0 Å². The van der Waals surface area contributed by atoms with E-state index >= 15 is 0 Å². The van der Waals surface area contributed by atoms with Gasteiger partial charge in [0.1, 0.15) is 12.4 Å². The molecule has 0 atom stereocenters. The summed E-state index contributed by atoms with van der Waals surface area (Å²) in [5, 5.41) is 3.12. The predicted octanol–water partition coefficient (Wildman–Crippen LogP) is 3.94. The Morgan fingerprint density at radius 1 is 1.12 bits per heavy atom. The summed E-state index contributed by atoms with van der Waals surface area (Å²) in [6, 6.07) is 16.0. The first kappa shape index (κ1) is 19.8. The Morgan fingerprint density at radius 2 is 1.88 bits per heavy atom. The molecule has 0 fully saturated rings. The molecule has 0 spiro atoms. The third-order valence-corrected chi connectivity index (χ3v) is 3.92. The van der Waals surface area contributed by atoms with Crippen LogP contribution >= 0.6 is 0 Å². The molecule has 2 aromatic rings. The van der Waals surface area contributed by atoms with E-state index in [2.05, 4.69) is 43.2 Å². The number of hydrogen-bond acceptors (Lipinski definition) is 3. The summed E-state index contributed by atoms with van der Waals surface area (Å²) in [6.07, 6.45) is 0. The van der Waals surface area contributed by atoms with E-state index < -0.39 is 0 Å². The highest BCUT2D eigenvalue weighted by molar-refractivity contribution is 5.92. The quantitative estimate of drug-likeness (QED) is 0.448. The Bertz CT molecular complexity index is 736. The third kappa shape index (κ3) is 6.08. The Balaban J connectivity index is 1.87. The molecule has 5 nitrogen and oxygen atoms in total. The Hall–Kier alpha value is -2.53. The lowest BCUT2D eigenvalue weighted by Crippen LogP contribution is -2.24. The van der Waals surface area contributed by atoms with Gasteiger partial charge in [-0.3, -0.25) is 0 Å². The summed E-state index contributed by atoms with van der Waals surface area (Å²) in [5.41, 5.74) is 9.25. The van der Waals surface area contributed by atoms with Gasteiger partial charge in [0.25, 0.3) is 0 Å². The second kappa shape index (κ2) is 9.25. The molecule has 0 aromatic heterocycles. The number of benzene rings is 2.